The lowest BCUT2D eigenvalue weighted by Gasteiger charge is -2.19. The molecule has 27 heavy (non-hydrogen) atoms. The van der Waals surface area contributed by atoms with Crippen molar-refractivity contribution >= 4 is 23.1 Å². The van der Waals surface area contributed by atoms with Crippen LogP contribution in [-0.2, 0) is 0 Å². The molecule has 1 atom stereocenters. The molecule has 2 heterocycles. The van der Waals surface area contributed by atoms with Gasteiger partial charge in [0.1, 0.15) is 11.9 Å². The Labute approximate surface area is 153 Å². The number of carbonyl (C=O) groups is 1. The van der Waals surface area contributed by atoms with Gasteiger partial charge in [-0.25, -0.2) is 14.4 Å². The van der Waals surface area contributed by atoms with Crippen molar-refractivity contribution in [3.05, 3.63) is 77.6 Å². The number of hydrogen-bond acceptors (Lipinski definition) is 4. The molecule has 0 fully saturated rings. The molecule has 0 saturated carbocycles. The lowest BCUT2D eigenvalue weighted by Crippen LogP contribution is -2.29. The summed E-state index contributed by atoms with van der Waals surface area (Å²) in [4.78, 5) is 22.1. The summed E-state index contributed by atoms with van der Waals surface area (Å²) in [5, 5.41) is 12.8. The molecule has 0 aliphatic rings. The van der Waals surface area contributed by atoms with Crippen LogP contribution < -0.4 is 10.4 Å². The van der Waals surface area contributed by atoms with Crippen LogP contribution in [0.3, 0.4) is 0 Å². The number of halogens is 1. The fourth-order valence-electron chi connectivity index (χ4n) is 3.12. The number of rotatable bonds is 4. The van der Waals surface area contributed by atoms with Crippen LogP contribution >= 0.6 is 0 Å². The molecule has 1 unspecified atom stereocenters. The SMILES string of the molecule is Cc1cn(C(c2ccc(F)cc2)c2ccc3nc(NC(=O)[O-])[nH]c3c2)cn1. The quantitative estimate of drug-likeness (QED) is 0.581. The standard InChI is InChI=1S/C19H16FN5O2/c1-11-9-25(10-21-11)17(12-2-5-14(20)6-3-12)13-4-7-15-16(8-13)23-18(22-15)24-19(26)27/h2-10,17H,1H3,(H,26,27)(H2,22,23,24)/p-1. The molecule has 0 saturated heterocycles. The van der Waals surface area contributed by atoms with Gasteiger partial charge >= 0.3 is 0 Å². The number of carboxylic acid groups (broad SMARTS) is 1. The van der Waals surface area contributed by atoms with Gasteiger partial charge < -0.3 is 24.8 Å². The van der Waals surface area contributed by atoms with Crippen LogP contribution in [0.1, 0.15) is 22.9 Å². The fraction of sp³-hybridized carbons (Fsp3) is 0.105. The van der Waals surface area contributed by atoms with Crippen LogP contribution in [0.5, 0.6) is 0 Å². The number of amides is 1. The zero-order valence-electron chi connectivity index (χ0n) is 14.3. The van der Waals surface area contributed by atoms with E-state index >= 15 is 0 Å². The number of imidazole rings is 2. The number of nitrogens with zero attached hydrogens (tertiary/aromatic N) is 3. The number of anilines is 1. The number of carbonyl (C=O) groups excluding carboxylic acids is 1. The Bertz CT molecular complexity index is 1120. The second-order valence-electron chi connectivity index (χ2n) is 6.19. The molecular formula is C19H15FN5O2-. The highest BCUT2D eigenvalue weighted by Gasteiger charge is 2.18. The maximum Gasteiger partial charge on any atom is 0.206 e. The average molecular weight is 364 g/mol. The van der Waals surface area contributed by atoms with Crippen LogP contribution in [0.25, 0.3) is 11.0 Å². The Balaban J connectivity index is 1.81. The Hall–Kier alpha value is -3.68. The lowest BCUT2D eigenvalue weighted by atomic mass is 9.98. The number of nitrogens with one attached hydrogen (secondary N) is 2. The molecule has 4 aromatic rings. The van der Waals surface area contributed by atoms with Crippen molar-refractivity contribution in [1.29, 1.82) is 0 Å². The zero-order valence-corrected chi connectivity index (χ0v) is 14.3. The van der Waals surface area contributed by atoms with Gasteiger partial charge in [-0.15, -0.1) is 0 Å². The third-order valence-electron chi connectivity index (χ3n) is 4.26. The van der Waals surface area contributed by atoms with Gasteiger partial charge in [0.05, 0.1) is 29.1 Å². The number of hydrogen-bond donors (Lipinski definition) is 2. The summed E-state index contributed by atoms with van der Waals surface area (Å²) in [6.07, 6.45) is 2.20. The molecule has 8 heteroatoms. The smallest absolute Gasteiger partial charge is 0.206 e. The average Bonchev–Trinajstić information content (AvgIpc) is 3.21. The molecule has 136 valence electrons. The van der Waals surface area contributed by atoms with Gasteiger partial charge in [0.2, 0.25) is 5.95 Å². The normalized spacial score (nSPS) is 12.2. The Morgan fingerprint density at radius 2 is 1.96 bits per heavy atom. The van der Waals surface area contributed by atoms with Crippen LogP contribution in [0.2, 0.25) is 0 Å². The van der Waals surface area contributed by atoms with Crippen molar-refractivity contribution in [1.82, 2.24) is 19.5 Å². The first-order valence-electron chi connectivity index (χ1n) is 8.23. The van der Waals surface area contributed by atoms with E-state index in [1.54, 1.807) is 24.5 Å². The summed E-state index contributed by atoms with van der Waals surface area (Å²) < 4.78 is 15.3. The Morgan fingerprint density at radius 1 is 1.22 bits per heavy atom. The van der Waals surface area contributed by atoms with Gasteiger partial charge in [-0.1, -0.05) is 18.2 Å². The first kappa shape index (κ1) is 16.8. The van der Waals surface area contributed by atoms with E-state index in [1.165, 1.54) is 12.1 Å². The molecule has 2 aromatic heterocycles. The third kappa shape index (κ3) is 3.37. The Kier molecular flexibility index (Phi) is 4.08. The number of fused-ring (bicyclic) bond motifs is 1. The summed E-state index contributed by atoms with van der Waals surface area (Å²) in [6, 6.07) is 11.7. The minimum atomic E-state index is -1.44. The number of aryl methyl sites for hydroxylation is 1. The van der Waals surface area contributed by atoms with Crippen LogP contribution in [-0.4, -0.2) is 25.6 Å². The molecule has 1 amide bonds. The fourth-order valence-corrected chi connectivity index (χ4v) is 3.12. The second-order valence-corrected chi connectivity index (χ2v) is 6.19. The van der Waals surface area contributed by atoms with Crippen molar-refractivity contribution in [3.63, 3.8) is 0 Å². The highest BCUT2D eigenvalue weighted by Crippen LogP contribution is 2.29. The van der Waals surface area contributed by atoms with E-state index < -0.39 is 6.09 Å². The lowest BCUT2D eigenvalue weighted by molar-refractivity contribution is -0.242. The Morgan fingerprint density at radius 3 is 2.63 bits per heavy atom. The summed E-state index contributed by atoms with van der Waals surface area (Å²) in [5.41, 5.74) is 3.95. The number of aromatic amines is 1. The van der Waals surface area contributed by atoms with E-state index in [4.69, 9.17) is 0 Å². The van der Waals surface area contributed by atoms with Crippen molar-refractivity contribution in [2.24, 2.45) is 0 Å². The molecule has 4 rings (SSSR count). The predicted octanol–water partition coefficient (Wildman–Crippen LogP) is 2.60. The van der Waals surface area contributed by atoms with Gasteiger partial charge in [-0.2, -0.15) is 0 Å². The monoisotopic (exact) mass is 364 g/mol. The maximum absolute atomic E-state index is 13.4. The van der Waals surface area contributed by atoms with E-state index in [0.29, 0.717) is 11.0 Å². The van der Waals surface area contributed by atoms with Gasteiger partial charge in [-0.05, 0) is 42.3 Å². The molecule has 0 bridgehead atoms. The number of aromatic nitrogens is 4. The van der Waals surface area contributed by atoms with Gasteiger partial charge in [0, 0.05) is 6.20 Å². The molecule has 0 aliphatic carbocycles. The van der Waals surface area contributed by atoms with Crippen molar-refractivity contribution in [2.45, 2.75) is 13.0 Å². The number of H-pyrrole nitrogens is 1. The maximum atomic E-state index is 13.4. The molecule has 0 radical (unpaired) electrons. The van der Waals surface area contributed by atoms with E-state index in [0.717, 1.165) is 16.8 Å². The van der Waals surface area contributed by atoms with Crippen LogP contribution in [0.4, 0.5) is 15.1 Å². The molecule has 2 N–H and O–H groups in total. The van der Waals surface area contributed by atoms with Gasteiger partial charge in [-0.3, -0.25) is 0 Å². The molecule has 0 spiro atoms. The van der Waals surface area contributed by atoms with Crippen LogP contribution in [0.15, 0.2) is 55.0 Å². The summed E-state index contributed by atoms with van der Waals surface area (Å²) in [7, 11) is 0. The van der Waals surface area contributed by atoms with Crippen molar-refractivity contribution in [3.8, 4) is 0 Å². The minimum absolute atomic E-state index is 0.0963. The van der Waals surface area contributed by atoms with Gasteiger partial charge in [0.25, 0.3) is 0 Å². The first-order chi connectivity index (χ1) is 13.0. The van der Waals surface area contributed by atoms with E-state index in [1.807, 2.05) is 29.8 Å². The van der Waals surface area contributed by atoms with E-state index in [9.17, 15) is 14.3 Å². The van der Waals surface area contributed by atoms with Crippen molar-refractivity contribution in [2.75, 3.05) is 5.32 Å². The largest absolute Gasteiger partial charge is 0.530 e. The zero-order chi connectivity index (χ0) is 19.0. The summed E-state index contributed by atoms with van der Waals surface area (Å²) in [6.45, 7) is 1.90. The van der Waals surface area contributed by atoms with Crippen LogP contribution in [0, 0.1) is 12.7 Å². The molecule has 2 aromatic carbocycles. The van der Waals surface area contributed by atoms with Crippen molar-refractivity contribution < 1.29 is 14.3 Å². The highest BCUT2D eigenvalue weighted by atomic mass is 19.1. The summed E-state index contributed by atoms with van der Waals surface area (Å²) in [5.74, 6) is -0.208. The second kappa shape index (κ2) is 6.56. The van der Waals surface area contributed by atoms with E-state index in [2.05, 4.69) is 20.3 Å². The first-order valence-corrected chi connectivity index (χ1v) is 8.23. The van der Waals surface area contributed by atoms with E-state index in [-0.39, 0.29) is 17.8 Å². The molecular weight excluding hydrogens is 349 g/mol. The highest BCUT2D eigenvalue weighted by molar-refractivity contribution is 5.84. The third-order valence-corrected chi connectivity index (χ3v) is 4.26. The number of benzene rings is 2. The molecule has 7 nitrogen and oxygen atoms in total. The topological polar surface area (TPSA) is 98.7 Å². The van der Waals surface area contributed by atoms with Gasteiger partial charge in [0.15, 0.2) is 0 Å². The minimum Gasteiger partial charge on any atom is -0.530 e. The summed E-state index contributed by atoms with van der Waals surface area (Å²) >= 11 is 0. The molecule has 0 aliphatic heterocycles. The predicted molar refractivity (Wildman–Crippen MR) is 95.7 cm³/mol.